The minimum Gasteiger partial charge on any atom is -0.507 e. The predicted octanol–water partition coefficient (Wildman–Crippen LogP) is 3.98. The van der Waals surface area contributed by atoms with E-state index in [0.717, 1.165) is 6.07 Å². The number of amides is 1. The molecule has 1 aromatic carbocycles. The number of fused-ring (bicyclic) bond motifs is 1. The lowest BCUT2D eigenvalue weighted by molar-refractivity contribution is -0.137. The Morgan fingerprint density at radius 3 is 2.56 bits per heavy atom. The highest BCUT2D eigenvalue weighted by atomic mass is 19.4. The van der Waals surface area contributed by atoms with Gasteiger partial charge in [0.15, 0.2) is 5.65 Å². The lowest BCUT2D eigenvalue weighted by Gasteiger charge is -2.31. The second kappa shape index (κ2) is 7.77. The third-order valence-electron chi connectivity index (χ3n) is 5.84. The summed E-state index contributed by atoms with van der Waals surface area (Å²) in [5, 5.41) is 25.9. The summed E-state index contributed by atoms with van der Waals surface area (Å²) in [6.07, 6.45) is -4.48. The van der Waals surface area contributed by atoms with Gasteiger partial charge in [-0.25, -0.2) is 4.98 Å². The number of likely N-dealkylation sites (tertiary alicyclic amines) is 1. The minimum atomic E-state index is -4.57. The highest BCUT2D eigenvalue weighted by Gasteiger charge is 2.33. The van der Waals surface area contributed by atoms with Crippen molar-refractivity contribution < 1.29 is 28.2 Å². The van der Waals surface area contributed by atoms with Gasteiger partial charge in [0.2, 0.25) is 5.91 Å². The summed E-state index contributed by atoms with van der Waals surface area (Å²) in [5.41, 5.74) is 0.618. The van der Waals surface area contributed by atoms with Crippen molar-refractivity contribution in [3.8, 4) is 17.0 Å². The third-order valence-corrected chi connectivity index (χ3v) is 5.84. The van der Waals surface area contributed by atoms with E-state index in [1.165, 1.54) is 6.92 Å². The van der Waals surface area contributed by atoms with Crippen molar-refractivity contribution in [3.05, 3.63) is 41.1 Å². The Morgan fingerprint density at radius 1 is 1.25 bits per heavy atom. The quantitative estimate of drug-likeness (QED) is 0.633. The van der Waals surface area contributed by atoms with Crippen molar-refractivity contribution in [3.63, 3.8) is 0 Å². The Kier molecular flexibility index (Phi) is 5.36. The van der Waals surface area contributed by atoms with Crippen LogP contribution >= 0.6 is 0 Å². The number of hydrogen-bond donors (Lipinski definition) is 2. The molecule has 2 N–H and O–H groups in total. The van der Waals surface area contributed by atoms with E-state index in [0.29, 0.717) is 42.2 Å². The maximum Gasteiger partial charge on any atom is 0.416 e. The standard InChI is InChI=1S/C22H23F3N4O3/c1-11-8-13(22(23,24)25)9-17(31)19(11)16-6-5-15-20(12(2)30)29(27-21(15)26-16)14-4-7-18(32)28(3)10-14/h5-6,8-9,12,14,30-31H,4,7,10H2,1-3H3/t12?,14-/m0/s1. The number of alkyl halides is 3. The van der Waals surface area contributed by atoms with Crippen LogP contribution in [0.4, 0.5) is 13.2 Å². The molecule has 1 aliphatic rings. The summed E-state index contributed by atoms with van der Waals surface area (Å²) in [5.74, 6) is -0.475. The molecule has 7 nitrogen and oxygen atoms in total. The molecule has 0 aliphatic carbocycles. The fourth-order valence-electron chi connectivity index (χ4n) is 4.29. The van der Waals surface area contributed by atoms with Crippen LogP contribution in [-0.2, 0) is 11.0 Å². The van der Waals surface area contributed by atoms with Crippen molar-refractivity contribution in [1.82, 2.24) is 19.7 Å². The van der Waals surface area contributed by atoms with Crippen molar-refractivity contribution >= 4 is 16.9 Å². The summed E-state index contributed by atoms with van der Waals surface area (Å²) in [6.45, 7) is 3.54. The molecule has 10 heteroatoms. The number of halogens is 3. The predicted molar refractivity (Wildman–Crippen MR) is 111 cm³/mol. The molecule has 1 aliphatic heterocycles. The van der Waals surface area contributed by atoms with E-state index < -0.39 is 23.6 Å². The Labute approximate surface area is 182 Å². The molecule has 1 fully saturated rings. The number of carbonyl (C=O) groups excluding carboxylic acids is 1. The number of phenols is 1. The smallest absolute Gasteiger partial charge is 0.416 e. The van der Waals surface area contributed by atoms with E-state index in [-0.39, 0.29) is 28.8 Å². The summed E-state index contributed by atoms with van der Waals surface area (Å²) >= 11 is 0. The second-order valence-electron chi connectivity index (χ2n) is 8.23. The zero-order valence-corrected chi connectivity index (χ0v) is 17.8. The summed E-state index contributed by atoms with van der Waals surface area (Å²) in [4.78, 5) is 18.0. The van der Waals surface area contributed by atoms with Crippen LogP contribution in [0.15, 0.2) is 24.3 Å². The first-order valence-corrected chi connectivity index (χ1v) is 10.2. The van der Waals surface area contributed by atoms with Gasteiger partial charge in [-0.15, -0.1) is 0 Å². The Balaban J connectivity index is 1.81. The van der Waals surface area contributed by atoms with Gasteiger partial charge in [0.05, 0.1) is 29.1 Å². The van der Waals surface area contributed by atoms with Crippen LogP contribution in [0, 0.1) is 6.92 Å². The Morgan fingerprint density at radius 2 is 1.97 bits per heavy atom. The van der Waals surface area contributed by atoms with E-state index in [4.69, 9.17) is 0 Å². The van der Waals surface area contributed by atoms with Gasteiger partial charge in [-0.1, -0.05) is 0 Å². The molecule has 32 heavy (non-hydrogen) atoms. The van der Waals surface area contributed by atoms with Crippen LogP contribution < -0.4 is 0 Å². The number of piperidine rings is 1. The fourth-order valence-corrected chi connectivity index (χ4v) is 4.29. The zero-order chi connectivity index (χ0) is 23.4. The van der Waals surface area contributed by atoms with Gasteiger partial charge in [-0.3, -0.25) is 9.48 Å². The van der Waals surface area contributed by atoms with Crippen LogP contribution in [0.2, 0.25) is 0 Å². The summed E-state index contributed by atoms with van der Waals surface area (Å²) in [7, 11) is 1.71. The molecule has 0 bridgehead atoms. The first-order valence-electron chi connectivity index (χ1n) is 10.2. The van der Waals surface area contributed by atoms with E-state index in [9.17, 15) is 28.2 Å². The average molecular weight is 448 g/mol. The number of likely N-dealkylation sites (N-methyl/N-ethyl adjacent to an activating group) is 1. The number of hydrogen-bond acceptors (Lipinski definition) is 5. The molecule has 0 saturated carbocycles. The molecule has 2 atom stereocenters. The van der Waals surface area contributed by atoms with Crippen molar-refractivity contribution in [2.45, 2.75) is 45.0 Å². The van der Waals surface area contributed by atoms with Crippen LogP contribution in [0.25, 0.3) is 22.3 Å². The number of benzene rings is 1. The summed E-state index contributed by atoms with van der Waals surface area (Å²) in [6, 6.07) is 4.79. The van der Waals surface area contributed by atoms with Crippen molar-refractivity contribution in [2.24, 2.45) is 0 Å². The number of nitrogens with zero attached hydrogens (tertiary/aromatic N) is 4. The van der Waals surface area contributed by atoms with Gasteiger partial charge in [0.1, 0.15) is 5.75 Å². The van der Waals surface area contributed by atoms with Crippen LogP contribution in [0.3, 0.4) is 0 Å². The lowest BCUT2D eigenvalue weighted by atomic mass is 10.00. The van der Waals surface area contributed by atoms with Crippen molar-refractivity contribution in [1.29, 1.82) is 0 Å². The highest BCUT2D eigenvalue weighted by molar-refractivity contribution is 5.83. The molecular weight excluding hydrogens is 425 g/mol. The molecule has 1 amide bonds. The van der Waals surface area contributed by atoms with E-state index >= 15 is 0 Å². The zero-order valence-electron chi connectivity index (χ0n) is 17.8. The number of aromatic hydroxyl groups is 1. The van der Waals surface area contributed by atoms with Gasteiger partial charge >= 0.3 is 6.18 Å². The first kappa shape index (κ1) is 22.1. The van der Waals surface area contributed by atoms with Crippen LogP contribution in [-0.4, -0.2) is 49.4 Å². The first-order chi connectivity index (χ1) is 15.0. The van der Waals surface area contributed by atoms with Gasteiger partial charge < -0.3 is 15.1 Å². The van der Waals surface area contributed by atoms with Crippen LogP contribution in [0.5, 0.6) is 5.75 Å². The van der Waals surface area contributed by atoms with E-state index in [2.05, 4.69) is 10.1 Å². The fraction of sp³-hybridized carbons (Fsp3) is 0.409. The number of aliphatic hydroxyl groups excluding tert-OH is 1. The number of carbonyl (C=O) groups is 1. The SMILES string of the molecule is Cc1cc(C(F)(F)F)cc(O)c1-c1ccc2c(C(C)O)n([C@H]3CCC(=O)N(C)C3)nc2n1. The van der Waals surface area contributed by atoms with Crippen molar-refractivity contribution in [2.75, 3.05) is 13.6 Å². The van der Waals surface area contributed by atoms with E-state index in [1.807, 2.05) is 0 Å². The number of phenolic OH excluding ortho intramolecular Hbond substituents is 1. The highest BCUT2D eigenvalue weighted by Crippen LogP contribution is 2.39. The number of aromatic nitrogens is 3. The Bertz CT molecular complexity index is 1180. The topological polar surface area (TPSA) is 91.5 Å². The largest absolute Gasteiger partial charge is 0.507 e. The molecule has 1 unspecified atom stereocenters. The second-order valence-corrected chi connectivity index (χ2v) is 8.23. The molecule has 2 aromatic heterocycles. The molecular formula is C22H23F3N4O3. The molecule has 0 radical (unpaired) electrons. The molecule has 1 saturated heterocycles. The van der Waals surface area contributed by atoms with Crippen LogP contribution in [0.1, 0.15) is 48.7 Å². The average Bonchev–Trinajstić information content (AvgIpc) is 3.08. The van der Waals surface area contributed by atoms with Gasteiger partial charge in [-0.2, -0.15) is 18.3 Å². The van der Waals surface area contributed by atoms with E-state index in [1.54, 1.807) is 35.7 Å². The number of aryl methyl sites for hydroxylation is 1. The minimum absolute atomic E-state index is 0.0465. The Hall–Kier alpha value is -3.14. The van der Waals surface area contributed by atoms with Gasteiger partial charge in [-0.05, 0) is 50.1 Å². The molecule has 4 rings (SSSR count). The molecule has 170 valence electrons. The third kappa shape index (κ3) is 3.79. The number of pyridine rings is 1. The van der Waals surface area contributed by atoms with Gasteiger partial charge in [0.25, 0.3) is 0 Å². The number of rotatable bonds is 3. The maximum atomic E-state index is 13.1. The number of aliphatic hydroxyl groups is 1. The molecule has 0 spiro atoms. The molecule has 3 heterocycles. The monoisotopic (exact) mass is 448 g/mol. The molecule has 3 aromatic rings. The lowest BCUT2D eigenvalue weighted by Crippen LogP contribution is -2.38. The summed E-state index contributed by atoms with van der Waals surface area (Å²) < 4.78 is 40.9. The maximum absolute atomic E-state index is 13.1. The van der Waals surface area contributed by atoms with Gasteiger partial charge in [0, 0.05) is 31.0 Å². The normalized spacial score (nSPS) is 18.4.